The summed E-state index contributed by atoms with van der Waals surface area (Å²) in [7, 11) is 0. The van der Waals surface area contributed by atoms with Gasteiger partial charge in [0.1, 0.15) is 5.82 Å². The minimum atomic E-state index is -0.0848. The third-order valence-corrected chi connectivity index (χ3v) is 4.74. The SMILES string of the molecule is Fc1cc(CBr)ccc1N1CCN2CCCC2C1. The van der Waals surface area contributed by atoms with Crippen LogP contribution in [0.5, 0.6) is 0 Å². The van der Waals surface area contributed by atoms with Crippen molar-refractivity contribution in [3.8, 4) is 0 Å². The van der Waals surface area contributed by atoms with Crippen LogP contribution in [-0.4, -0.2) is 37.1 Å². The van der Waals surface area contributed by atoms with E-state index in [2.05, 4.69) is 25.7 Å². The van der Waals surface area contributed by atoms with Gasteiger partial charge in [0.25, 0.3) is 0 Å². The van der Waals surface area contributed by atoms with E-state index in [4.69, 9.17) is 0 Å². The Balaban J connectivity index is 1.78. The zero-order valence-electron chi connectivity index (χ0n) is 10.4. The van der Waals surface area contributed by atoms with Crippen LogP contribution < -0.4 is 4.90 Å². The summed E-state index contributed by atoms with van der Waals surface area (Å²) in [5, 5.41) is 0.709. The van der Waals surface area contributed by atoms with E-state index in [-0.39, 0.29) is 5.82 Å². The summed E-state index contributed by atoms with van der Waals surface area (Å²) in [6.45, 7) is 4.22. The normalized spacial score (nSPS) is 24.3. The highest BCUT2D eigenvalue weighted by Gasteiger charge is 2.31. The molecule has 0 aromatic heterocycles. The largest absolute Gasteiger partial charge is 0.366 e. The molecule has 1 aromatic carbocycles. The summed E-state index contributed by atoms with van der Waals surface area (Å²) in [5.74, 6) is -0.0848. The van der Waals surface area contributed by atoms with Gasteiger partial charge in [-0.05, 0) is 37.1 Å². The maximum absolute atomic E-state index is 14.1. The number of alkyl halides is 1. The average Bonchev–Trinajstić information content (AvgIpc) is 2.85. The second-order valence-corrected chi connectivity index (χ2v) is 5.76. The molecule has 2 heterocycles. The lowest BCUT2D eigenvalue weighted by molar-refractivity contribution is 0.230. The fourth-order valence-electron chi connectivity index (χ4n) is 3.10. The first-order valence-electron chi connectivity index (χ1n) is 6.61. The van der Waals surface area contributed by atoms with Crippen molar-refractivity contribution in [1.82, 2.24) is 4.90 Å². The lowest BCUT2D eigenvalue weighted by atomic mass is 10.1. The number of hydrogen-bond acceptors (Lipinski definition) is 2. The Morgan fingerprint density at radius 3 is 2.94 bits per heavy atom. The molecule has 0 spiro atoms. The fourth-order valence-corrected chi connectivity index (χ4v) is 3.45. The summed E-state index contributed by atoms with van der Waals surface area (Å²) < 4.78 is 14.1. The van der Waals surface area contributed by atoms with E-state index >= 15 is 0 Å². The van der Waals surface area contributed by atoms with E-state index in [0.29, 0.717) is 11.4 Å². The second kappa shape index (κ2) is 5.17. The van der Waals surface area contributed by atoms with Crippen LogP contribution in [0.1, 0.15) is 18.4 Å². The standard InChI is InChI=1S/C14H18BrFN2/c15-9-11-3-4-14(13(16)8-11)18-7-6-17-5-1-2-12(17)10-18/h3-4,8,12H,1-2,5-7,9-10H2. The fraction of sp³-hybridized carbons (Fsp3) is 0.571. The summed E-state index contributed by atoms with van der Waals surface area (Å²) in [6.07, 6.45) is 2.56. The number of anilines is 1. The van der Waals surface area contributed by atoms with E-state index in [1.807, 2.05) is 12.1 Å². The topological polar surface area (TPSA) is 6.48 Å². The molecule has 98 valence electrons. The number of rotatable bonds is 2. The van der Waals surface area contributed by atoms with Gasteiger partial charge in [-0.1, -0.05) is 22.0 Å². The monoisotopic (exact) mass is 312 g/mol. The predicted molar refractivity (Wildman–Crippen MR) is 75.8 cm³/mol. The summed E-state index contributed by atoms with van der Waals surface area (Å²) >= 11 is 3.36. The third-order valence-electron chi connectivity index (χ3n) is 4.09. The molecule has 18 heavy (non-hydrogen) atoms. The third kappa shape index (κ3) is 2.28. The zero-order chi connectivity index (χ0) is 12.5. The summed E-state index contributed by atoms with van der Waals surface area (Å²) in [4.78, 5) is 4.75. The van der Waals surface area contributed by atoms with E-state index in [0.717, 1.165) is 30.9 Å². The highest BCUT2D eigenvalue weighted by molar-refractivity contribution is 9.08. The quantitative estimate of drug-likeness (QED) is 0.775. The van der Waals surface area contributed by atoms with Crippen molar-refractivity contribution in [2.75, 3.05) is 31.1 Å². The van der Waals surface area contributed by atoms with Gasteiger partial charge in [0.2, 0.25) is 0 Å². The number of fused-ring (bicyclic) bond motifs is 1. The van der Waals surface area contributed by atoms with Crippen LogP contribution in [0, 0.1) is 5.82 Å². The van der Waals surface area contributed by atoms with Gasteiger partial charge < -0.3 is 4.90 Å². The summed E-state index contributed by atoms with van der Waals surface area (Å²) in [6, 6.07) is 6.21. The van der Waals surface area contributed by atoms with Crippen LogP contribution in [0.4, 0.5) is 10.1 Å². The van der Waals surface area contributed by atoms with Gasteiger partial charge in [-0.2, -0.15) is 0 Å². The van der Waals surface area contributed by atoms with E-state index < -0.39 is 0 Å². The molecule has 2 aliphatic heterocycles. The minimum Gasteiger partial charge on any atom is -0.366 e. The van der Waals surface area contributed by atoms with Gasteiger partial charge in [0, 0.05) is 31.0 Å². The average molecular weight is 313 g/mol. The Bertz CT molecular complexity index is 438. The number of halogens is 2. The molecule has 0 saturated carbocycles. The highest BCUT2D eigenvalue weighted by atomic mass is 79.9. The van der Waals surface area contributed by atoms with Gasteiger partial charge >= 0.3 is 0 Å². The van der Waals surface area contributed by atoms with Crippen molar-refractivity contribution in [3.05, 3.63) is 29.6 Å². The highest BCUT2D eigenvalue weighted by Crippen LogP contribution is 2.27. The molecule has 0 N–H and O–H groups in total. The molecule has 2 fully saturated rings. The lowest BCUT2D eigenvalue weighted by Gasteiger charge is -2.39. The smallest absolute Gasteiger partial charge is 0.146 e. The van der Waals surface area contributed by atoms with E-state index in [9.17, 15) is 4.39 Å². The Morgan fingerprint density at radius 2 is 2.17 bits per heavy atom. The van der Waals surface area contributed by atoms with Crippen LogP contribution in [0.2, 0.25) is 0 Å². The molecule has 2 nitrogen and oxygen atoms in total. The van der Waals surface area contributed by atoms with Crippen molar-refractivity contribution < 1.29 is 4.39 Å². The molecule has 0 aliphatic carbocycles. The maximum atomic E-state index is 14.1. The van der Waals surface area contributed by atoms with Crippen LogP contribution in [0.3, 0.4) is 0 Å². The van der Waals surface area contributed by atoms with Gasteiger partial charge in [-0.25, -0.2) is 4.39 Å². The molecular formula is C14H18BrFN2. The predicted octanol–water partition coefficient (Wildman–Crippen LogP) is 3.01. The lowest BCUT2D eigenvalue weighted by Crippen LogP contribution is -2.50. The molecule has 0 bridgehead atoms. The second-order valence-electron chi connectivity index (χ2n) is 5.20. The molecular weight excluding hydrogens is 295 g/mol. The van der Waals surface area contributed by atoms with Gasteiger partial charge in [-0.15, -0.1) is 0 Å². The van der Waals surface area contributed by atoms with Crippen molar-refractivity contribution in [2.45, 2.75) is 24.2 Å². The van der Waals surface area contributed by atoms with Crippen LogP contribution >= 0.6 is 15.9 Å². The summed E-state index contributed by atoms with van der Waals surface area (Å²) in [5.41, 5.74) is 1.77. The van der Waals surface area contributed by atoms with E-state index in [1.165, 1.54) is 19.4 Å². The van der Waals surface area contributed by atoms with Crippen molar-refractivity contribution >= 4 is 21.6 Å². The molecule has 3 rings (SSSR count). The molecule has 2 saturated heterocycles. The van der Waals surface area contributed by atoms with Crippen LogP contribution in [0.15, 0.2) is 18.2 Å². The Morgan fingerprint density at radius 1 is 1.28 bits per heavy atom. The van der Waals surface area contributed by atoms with Crippen LogP contribution in [-0.2, 0) is 5.33 Å². The Kier molecular flexibility index (Phi) is 3.57. The van der Waals surface area contributed by atoms with Gasteiger partial charge in [0.05, 0.1) is 5.69 Å². The molecule has 2 aliphatic rings. The van der Waals surface area contributed by atoms with Crippen molar-refractivity contribution in [2.24, 2.45) is 0 Å². The van der Waals surface area contributed by atoms with Gasteiger partial charge in [-0.3, -0.25) is 4.90 Å². The van der Waals surface area contributed by atoms with E-state index in [1.54, 1.807) is 6.07 Å². The zero-order valence-corrected chi connectivity index (χ0v) is 12.0. The molecule has 1 unspecified atom stereocenters. The van der Waals surface area contributed by atoms with Crippen molar-refractivity contribution in [1.29, 1.82) is 0 Å². The Hall–Kier alpha value is -0.610. The molecule has 0 radical (unpaired) electrons. The first-order chi connectivity index (χ1) is 8.78. The number of piperazine rings is 1. The molecule has 1 atom stereocenters. The molecule has 0 amide bonds. The van der Waals surface area contributed by atoms with Crippen LogP contribution in [0.25, 0.3) is 0 Å². The number of hydrogen-bond donors (Lipinski definition) is 0. The Labute approximate surface area is 116 Å². The van der Waals surface area contributed by atoms with Crippen molar-refractivity contribution in [3.63, 3.8) is 0 Å². The minimum absolute atomic E-state index is 0.0848. The first-order valence-corrected chi connectivity index (χ1v) is 7.73. The molecule has 4 heteroatoms. The first kappa shape index (κ1) is 12.4. The number of benzene rings is 1. The maximum Gasteiger partial charge on any atom is 0.146 e. The number of nitrogens with zero attached hydrogens (tertiary/aromatic N) is 2. The molecule has 1 aromatic rings. The van der Waals surface area contributed by atoms with Gasteiger partial charge in [0.15, 0.2) is 0 Å².